The molecule has 140 valence electrons. The quantitative estimate of drug-likeness (QED) is 0.785. The molecular formula is C18H21ClN2O3S2. The maximum atomic E-state index is 12.8. The molecule has 0 bridgehead atoms. The average Bonchev–Trinajstić information content (AvgIpc) is 3.17. The molecule has 26 heavy (non-hydrogen) atoms. The molecule has 3 rings (SSSR count). The van der Waals surface area contributed by atoms with Crippen LogP contribution in [-0.4, -0.2) is 37.8 Å². The molecule has 0 saturated carbocycles. The van der Waals surface area contributed by atoms with Gasteiger partial charge in [-0.05, 0) is 48.9 Å². The van der Waals surface area contributed by atoms with Gasteiger partial charge in [0.25, 0.3) is 15.9 Å². The SMILES string of the molecule is O=C(NCCC1CCCCN1S(=O)(=O)c1cccs1)c1cccc(Cl)c1. The van der Waals surface area contributed by atoms with Gasteiger partial charge in [-0.2, -0.15) is 4.31 Å². The Morgan fingerprint density at radius 3 is 2.85 bits per heavy atom. The van der Waals surface area contributed by atoms with Gasteiger partial charge >= 0.3 is 0 Å². The van der Waals surface area contributed by atoms with Crippen LogP contribution in [0.1, 0.15) is 36.0 Å². The molecule has 2 heterocycles. The number of piperidine rings is 1. The molecule has 1 aliphatic heterocycles. The molecule has 2 aromatic rings. The van der Waals surface area contributed by atoms with Crippen LogP contribution < -0.4 is 5.32 Å². The highest BCUT2D eigenvalue weighted by Crippen LogP contribution is 2.29. The van der Waals surface area contributed by atoms with Gasteiger partial charge < -0.3 is 5.32 Å². The zero-order chi connectivity index (χ0) is 18.6. The summed E-state index contributed by atoms with van der Waals surface area (Å²) >= 11 is 7.15. The first-order valence-corrected chi connectivity index (χ1v) is 11.3. The summed E-state index contributed by atoms with van der Waals surface area (Å²) in [5.74, 6) is -0.198. The lowest BCUT2D eigenvalue weighted by Crippen LogP contribution is -2.44. The van der Waals surface area contributed by atoms with E-state index in [4.69, 9.17) is 11.6 Å². The molecule has 1 N–H and O–H groups in total. The van der Waals surface area contributed by atoms with Crippen LogP contribution in [0.25, 0.3) is 0 Å². The van der Waals surface area contributed by atoms with E-state index in [0.717, 1.165) is 19.3 Å². The summed E-state index contributed by atoms with van der Waals surface area (Å²) in [6.45, 7) is 0.958. The van der Waals surface area contributed by atoms with E-state index in [-0.39, 0.29) is 11.9 Å². The monoisotopic (exact) mass is 412 g/mol. The Morgan fingerprint density at radius 2 is 2.12 bits per heavy atom. The zero-order valence-electron chi connectivity index (χ0n) is 14.2. The lowest BCUT2D eigenvalue weighted by Gasteiger charge is -2.34. The Bertz CT molecular complexity index is 853. The first-order valence-electron chi connectivity index (χ1n) is 8.57. The molecule has 8 heteroatoms. The summed E-state index contributed by atoms with van der Waals surface area (Å²) in [7, 11) is -3.45. The van der Waals surface area contributed by atoms with Crippen molar-refractivity contribution in [1.82, 2.24) is 9.62 Å². The van der Waals surface area contributed by atoms with Crippen LogP contribution in [0.2, 0.25) is 5.02 Å². The molecule has 0 spiro atoms. The van der Waals surface area contributed by atoms with Gasteiger partial charge in [-0.15, -0.1) is 11.3 Å². The van der Waals surface area contributed by atoms with Crippen molar-refractivity contribution in [2.24, 2.45) is 0 Å². The number of benzene rings is 1. The van der Waals surface area contributed by atoms with E-state index < -0.39 is 10.0 Å². The Hall–Kier alpha value is -1.41. The van der Waals surface area contributed by atoms with Crippen LogP contribution in [0.5, 0.6) is 0 Å². The van der Waals surface area contributed by atoms with Crippen LogP contribution in [0.4, 0.5) is 0 Å². The van der Waals surface area contributed by atoms with E-state index in [1.807, 2.05) is 0 Å². The Labute approximate surface area is 163 Å². The first kappa shape index (κ1) is 19.4. The second-order valence-corrected chi connectivity index (χ2v) is 9.75. The largest absolute Gasteiger partial charge is 0.352 e. The van der Waals surface area contributed by atoms with Gasteiger partial charge in [0.1, 0.15) is 4.21 Å². The highest BCUT2D eigenvalue weighted by Gasteiger charge is 2.33. The van der Waals surface area contributed by atoms with E-state index in [0.29, 0.717) is 34.3 Å². The van der Waals surface area contributed by atoms with Crippen LogP contribution in [-0.2, 0) is 10.0 Å². The minimum atomic E-state index is -3.45. The number of sulfonamides is 1. The molecule has 1 aliphatic rings. The Kier molecular flexibility index (Phi) is 6.34. The topological polar surface area (TPSA) is 66.5 Å². The number of carbonyl (C=O) groups excluding carboxylic acids is 1. The van der Waals surface area contributed by atoms with E-state index in [9.17, 15) is 13.2 Å². The van der Waals surface area contributed by atoms with Gasteiger partial charge in [-0.1, -0.05) is 30.2 Å². The molecule has 1 aromatic carbocycles. The fourth-order valence-electron chi connectivity index (χ4n) is 3.19. The second-order valence-electron chi connectivity index (χ2n) is 6.25. The summed E-state index contributed by atoms with van der Waals surface area (Å²) in [5.41, 5.74) is 0.504. The minimum Gasteiger partial charge on any atom is -0.352 e. The summed E-state index contributed by atoms with van der Waals surface area (Å²) in [5, 5.41) is 5.15. The van der Waals surface area contributed by atoms with Crippen LogP contribution >= 0.6 is 22.9 Å². The number of nitrogens with one attached hydrogen (secondary N) is 1. The van der Waals surface area contributed by atoms with Gasteiger partial charge in [-0.25, -0.2) is 8.42 Å². The summed E-state index contributed by atoms with van der Waals surface area (Å²) in [4.78, 5) is 12.2. The number of thiophene rings is 1. The third kappa shape index (κ3) is 4.46. The third-order valence-electron chi connectivity index (χ3n) is 4.48. The Morgan fingerprint density at radius 1 is 1.27 bits per heavy atom. The number of carbonyl (C=O) groups is 1. The van der Waals surface area contributed by atoms with Crippen molar-refractivity contribution in [1.29, 1.82) is 0 Å². The zero-order valence-corrected chi connectivity index (χ0v) is 16.6. The lowest BCUT2D eigenvalue weighted by molar-refractivity contribution is 0.0949. The molecule has 1 atom stereocenters. The Balaban J connectivity index is 1.61. The van der Waals surface area contributed by atoms with Gasteiger partial charge in [0.2, 0.25) is 0 Å². The predicted octanol–water partition coefficient (Wildman–Crippen LogP) is 3.76. The molecule has 0 radical (unpaired) electrons. The number of hydrogen-bond donors (Lipinski definition) is 1. The number of hydrogen-bond acceptors (Lipinski definition) is 4. The standard InChI is InChI=1S/C18H21ClN2O3S2/c19-15-6-3-5-14(13-15)18(22)20-10-9-16-7-1-2-11-21(16)26(23,24)17-8-4-12-25-17/h3-6,8,12-13,16H,1-2,7,9-11H2,(H,20,22). The third-order valence-corrected chi connectivity index (χ3v) is 8.04. The summed E-state index contributed by atoms with van der Waals surface area (Å²) in [6, 6.07) is 10.1. The molecule has 5 nitrogen and oxygen atoms in total. The fraction of sp³-hybridized carbons (Fsp3) is 0.389. The number of amides is 1. The molecular weight excluding hydrogens is 392 g/mol. The van der Waals surface area contributed by atoms with E-state index >= 15 is 0 Å². The fourth-order valence-corrected chi connectivity index (χ4v) is 6.22. The van der Waals surface area contributed by atoms with Crippen LogP contribution in [0.15, 0.2) is 46.0 Å². The molecule has 0 aliphatic carbocycles. The van der Waals surface area contributed by atoms with E-state index in [1.165, 1.54) is 11.3 Å². The average molecular weight is 413 g/mol. The molecule has 1 saturated heterocycles. The normalized spacial score (nSPS) is 18.6. The van der Waals surface area contributed by atoms with Crippen LogP contribution in [0.3, 0.4) is 0 Å². The van der Waals surface area contributed by atoms with E-state index in [2.05, 4.69) is 5.32 Å². The second kappa shape index (κ2) is 8.52. The van der Waals surface area contributed by atoms with Crippen molar-refractivity contribution < 1.29 is 13.2 Å². The lowest BCUT2D eigenvalue weighted by atomic mass is 10.0. The number of rotatable bonds is 6. The van der Waals surface area contributed by atoms with Gasteiger partial charge in [0, 0.05) is 29.7 Å². The molecule has 1 aromatic heterocycles. The van der Waals surface area contributed by atoms with Gasteiger partial charge in [-0.3, -0.25) is 4.79 Å². The summed E-state index contributed by atoms with van der Waals surface area (Å²) < 4.78 is 27.7. The highest BCUT2D eigenvalue weighted by molar-refractivity contribution is 7.91. The maximum absolute atomic E-state index is 12.8. The van der Waals surface area contributed by atoms with E-state index in [1.54, 1.807) is 46.1 Å². The van der Waals surface area contributed by atoms with Crippen LogP contribution in [0, 0.1) is 0 Å². The smallest absolute Gasteiger partial charge is 0.252 e. The molecule has 1 fully saturated rings. The molecule has 1 amide bonds. The number of halogens is 1. The van der Waals surface area contributed by atoms with Crippen molar-refractivity contribution in [2.45, 2.75) is 35.9 Å². The van der Waals surface area contributed by atoms with Crippen molar-refractivity contribution in [3.63, 3.8) is 0 Å². The minimum absolute atomic E-state index is 0.0875. The van der Waals surface area contributed by atoms with Crippen molar-refractivity contribution in [3.8, 4) is 0 Å². The van der Waals surface area contributed by atoms with Gasteiger partial charge in [0.05, 0.1) is 0 Å². The van der Waals surface area contributed by atoms with Crippen molar-refractivity contribution >= 4 is 38.9 Å². The van der Waals surface area contributed by atoms with Crippen molar-refractivity contribution in [3.05, 3.63) is 52.4 Å². The first-order chi connectivity index (χ1) is 12.5. The highest BCUT2D eigenvalue weighted by atomic mass is 35.5. The predicted molar refractivity (Wildman–Crippen MR) is 104 cm³/mol. The molecule has 1 unspecified atom stereocenters. The summed E-state index contributed by atoms with van der Waals surface area (Å²) in [6.07, 6.45) is 3.29. The maximum Gasteiger partial charge on any atom is 0.252 e. The van der Waals surface area contributed by atoms with Crippen molar-refractivity contribution in [2.75, 3.05) is 13.1 Å². The van der Waals surface area contributed by atoms with Gasteiger partial charge in [0.15, 0.2) is 0 Å². The number of nitrogens with zero attached hydrogens (tertiary/aromatic N) is 1.